The SMILES string of the molecule is CCCCCOCCOCCOCCOCCOCCOCCOCCOCCOCCOc1ccc(N)cc1. The molecule has 1 aromatic rings. The van der Waals surface area contributed by atoms with Crippen LogP contribution in [-0.4, -0.2) is 126 Å². The molecule has 0 saturated carbocycles. The molecule has 0 bridgehead atoms. The average Bonchev–Trinajstić information content (AvgIpc) is 2.97. The van der Waals surface area contributed by atoms with Crippen molar-refractivity contribution in [3.8, 4) is 5.75 Å². The minimum Gasteiger partial charge on any atom is -0.491 e. The molecule has 40 heavy (non-hydrogen) atoms. The first kappa shape index (κ1) is 36.5. The van der Waals surface area contributed by atoms with E-state index >= 15 is 0 Å². The Bertz CT molecular complexity index is 623. The third-order valence-corrected chi connectivity index (χ3v) is 5.24. The first-order valence-electron chi connectivity index (χ1n) is 14.5. The van der Waals surface area contributed by atoms with Crippen LogP contribution in [0.3, 0.4) is 0 Å². The maximum absolute atomic E-state index is 5.64. The summed E-state index contributed by atoms with van der Waals surface area (Å²) >= 11 is 0. The van der Waals surface area contributed by atoms with Gasteiger partial charge >= 0.3 is 0 Å². The third kappa shape index (κ3) is 26.7. The summed E-state index contributed by atoms with van der Waals surface area (Å²) in [6.07, 6.45) is 3.55. The molecule has 0 aliphatic rings. The molecule has 2 N–H and O–H groups in total. The molecule has 0 unspecified atom stereocenters. The van der Waals surface area contributed by atoms with Gasteiger partial charge in [0, 0.05) is 12.3 Å². The minimum absolute atomic E-state index is 0.481. The first-order chi connectivity index (χ1) is 19.8. The van der Waals surface area contributed by atoms with Crippen LogP contribution < -0.4 is 10.5 Å². The fourth-order valence-electron chi connectivity index (χ4n) is 3.10. The zero-order valence-electron chi connectivity index (χ0n) is 24.5. The van der Waals surface area contributed by atoms with Gasteiger partial charge in [-0.15, -0.1) is 0 Å². The smallest absolute Gasteiger partial charge is 0.119 e. The Kier molecular flexibility index (Phi) is 27.7. The highest BCUT2D eigenvalue weighted by Gasteiger charge is 1.97. The van der Waals surface area contributed by atoms with Crippen LogP contribution in [-0.2, 0) is 42.6 Å². The topological polar surface area (TPSA) is 118 Å². The zero-order chi connectivity index (χ0) is 28.6. The third-order valence-electron chi connectivity index (χ3n) is 5.24. The Morgan fingerprint density at radius 1 is 0.400 bits per heavy atom. The van der Waals surface area contributed by atoms with Crippen molar-refractivity contribution in [2.45, 2.75) is 26.2 Å². The maximum Gasteiger partial charge on any atom is 0.119 e. The van der Waals surface area contributed by atoms with E-state index in [0.717, 1.165) is 18.8 Å². The van der Waals surface area contributed by atoms with Crippen molar-refractivity contribution in [1.82, 2.24) is 0 Å². The van der Waals surface area contributed by atoms with Crippen molar-refractivity contribution in [2.75, 3.05) is 131 Å². The van der Waals surface area contributed by atoms with E-state index in [9.17, 15) is 0 Å². The molecular weight excluding hydrogens is 522 g/mol. The second kappa shape index (κ2) is 30.4. The number of anilines is 1. The Balaban J connectivity index is 1.63. The van der Waals surface area contributed by atoms with Gasteiger partial charge in [0.25, 0.3) is 0 Å². The van der Waals surface area contributed by atoms with Crippen LogP contribution in [0, 0.1) is 0 Å². The van der Waals surface area contributed by atoms with Gasteiger partial charge in [0.15, 0.2) is 0 Å². The van der Waals surface area contributed by atoms with E-state index in [1.807, 2.05) is 12.1 Å². The summed E-state index contributed by atoms with van der Waals surface area (Å²) in [5.41, 5.74) is 6.35. The fourth-order valence-corrected chi connectivity index (χ4v) is 3.10. The molecule has 0 spiro atoms. The van der Waals surface area contributed by atoms with Crippen LogP contribution in [0.1, 0.15) is 26.2 Å². The highest BCUT2D eigenvalue weighted by atomic mass is 16.6. The van der Waals surface area contributed by atoms with Gasteiger partial charge in [-0.05, 0) is 30.7 Å². The van der Waals surface area contributed by atoms with Crippen LogP contribution >= 0.6 is 0 Å². The lowest BCUT2D eigenvalue weighted by atomic mass is 10.3. The summed E-state index contributed by atoms with van der Waals surface area (Å²) in [6.45, 7) is 12.6. The molecule has 0 fully saturated rings. The van der Waals surface area contributed by atoms with Crippen LogP contribution in [0.4, 0.5) is 5.69 Å². The lowest BCUT2D eigenvalue weighted by Gasteiger charge is -2.09. The number of benzene rings is 1. The van der Waals surface area contributed by atoms with Crippen molar-refractivity contribution in [3.05, 3.63) is 24.3 Å². The molecule has 0 aromatic heterocycles. The van der Waals surface area contributed by atoms with Gasteiger partial charge < -0.3 is 53.1 Å². The van der Waals surface area contributed by atoms with E-state index in [0.29, 0.717) is 125 Å². The molecule has 0 aliphatic heterocycles. The van der Waals surface area contributed by atoms with Crippen LogP contribution in [0.25, 0.3) is 0 Å². The predicted octanol–water partition coefficient (Wildman–Crippen LogP) is 2.99. The molecule has 0 atom stereocenters. The molecular formula is C29H53NO10. The Labute approximate surface area is 240 Å². The highest BCUT2D eigenvalue weighted by Crippen LogP contribution is 2.12. The van der Waals surface area contributed by atoms with Gasteiger partial charge in [-0.25, -0.2) is 0 Å². The van der Waals surface area contributed by atoms with Crippen molar-refractivity contribution in [1.29, 1.82) is 0 Å². The van der Waals surface area contributed by atoms with Gasteiger partial charge in [-0.3, -0.25) is 0 Å². The quantitative estimate of drug-likeness (QED) is 0.101. The molecule has 0 amide bonds. The molecule has 0 aliphatic carbocycles. The van der Waals surface area contributed by atoms with E-state index in [2.05, 4.69) is 6.92 Å². The maximum atomic E-state index is 5.64. The molecule has 11 nitrogen and oxygen atoms in total. The number of ether oxygens (including phenoxy) is 10. The van der Waals surface area contributed by atoms with E-state index in [1.165, 1.54) is 12.8 Å². The lowest BCUT2D eigenvalue weighted by Crippen LogP contribution is -2.15. The monoisotopic (exact) mass is 575 g/mol. The number of hydrogen-bond donors (Lipinski definition) is 1. The van der Waals surface area contributed by atoms with Crippen LogP contribution in [0.2, 0.25) is 0 Å². The predicted molar refractivity (Wildman–Crippen MR) is 153 cm³/mol. The van der Waals surface area contributed by atoms with E-state index in [1.54, 1.807) is 12.1 Å². The molecule has 11 heteroatoms. The van der Waals surface area contributed by atoms with Crippen molar-refractivity contribution in [2.24, 2.45) is 0 Å². The normalized spacial score (nSPS) is 11.3. The number of rotatable bonds is 32. The van der Waals surface area contributed by atoms with Gasteiger partial charge in [-0.2, -0.15) is 0 Å². The molecule has 0 radical (unpaired) electrons. The van der Waals surface area contributed by atoms with Gasteiger partial charge in [0.2, 0.25) is 0 Å². The van der Waals surface area contributed by atoms with Gasteiger partial charge in [0.1, 0.15) is 12.4 Å². The second-order valence-electron chi connectivity index (χ2n) is 8.64. The largest absolute Gasteiger partial charge is 0.491 e. The second-order valence-corrected chi connectivity index (χ2v) is 8.64. The van der Waals surface area contributed by atoms with Crippen LogP contribution in [0.15, 0.2) is 24.3 Å². The molecule has 234 valence electrons. The van der Waals surface area contributed by atoms with Crippen molar-refractivity contribution >= 4 is 5.69 Å². The Morgan fingerprint density at radius 3 is 1.02 bits per heavy atom. The Morgan fingerprint density at radius 2 is 0.700 bits per heavy atom. The summed E-state index contributed by atoms with van der Waals surface area (Å²) in [5, 5.41) is 0. The van der Waals surface area contributed by atoms with E-state index in [4.69, 9.17) is 53.1 Å². The van der Waals surface area contributed by atoms with Crippen LogP contribution in [0.5, 0.6) is 5.75 Å². The van der Waals surface area contributed by atoms with Crippen molar-refractivity contribution < 1.29 is 47.4 Å². The number of nitrogen functional groups attached to an aromatic ring is 1. The molecule has 1 aromatic carbocycles. The summed E-state index contributed by atoms with van der Waals surface area (Å²) in [5.74, 6) is 0.776. The van der Waals surface area contributed by atoms with Gasteiger partial charge in [-0.1, -0.05) is 19.8 Å². The number of unbranched alkanes of at least 4 members (excludes halogenated alkanes) is 2. The first-order valence-corrected chi connectivity index (χ1v) is 14.5. The molecule has 0 saturated heterocycles. The summed E-state index contributed by atoms with van der Waals surface area (Å²) in [7, 11) is 0. The van der Waals surface area contributed by atoms with Gasteiger partial charge in [0.05, 0.1) is 112 Å². The fraction of sp³-hybridized carbons (Fsp3) is 0.793. The Hall–Kier alpha value is -1.54. The van der Waals surface area contributed by atoms with E-state index < -0.39 is 0 Å². The molecule has 0 heterocycles. The summed E-state index contributed by atoms with van der Waals surface area (Å²) < 4.78 is 54.8. The summed E-state index contributed by atoms with van der Waals surface area (Å²) in [6, 6.07) is 7.27. The van der Waals surface area contributed by atoms with Crippen molar-refractivity contribution in [3.63, 3.8) is 0 Å². The lowest BCUT2D eigenvalue weighted by molar-refractivity contribution is -0.0254. The highest BCUT2D eigenvalue weighted by molar-refractivity contribution is 5.41. The standard InChI is InChI=1S/C29H53NO10/c1-2-3-4-9-31-10-11-32-12-13-33-14-15-34-16-17-35-18-19-36-20-21-37-22-23-38-24-25-39-26-27-40-29-7-5-28(30)6-8-29/h5-8H,2-4,9-27,30H2,1H3. The van der Waals surface area contributed by atoms with E-state index in [-0.39, 0.29) is 0 Å². The number of nitrogens with two attached hydrogens (primary N) is 1. The average molecular weight is 576 g/mol. The molecule has 1 rings (SSSR count). The minimum atomic E-state index is 0.481. The number of hydrogen-bond acceptors (Lipinski definition) is 11. The summed E-state index contributed by atoms with van der Waals surface area (Å²) in [4.78, 5) is 0. The zero-order valence-corrected chi connectivity index (χ0v) is 24.5.